The number of aliphatic hydroxyl groups is 1. The minimum absolute atomic E-state index is 0.0135. The van der Waals surface area contributed by atoms with Gasteiger partial charge in [-0.1, -0.05) is 54.0 Å². The summed E-state index contributed by atoms with van der Waals surface area (Å²) in [5.41, 5.74) is 3.13. The Labute approximate surface area is 218 Å². The van der Waals surface area contributed by atoms with E-state index in [0.717, 1.165) is 57.8 Å². The predicted octanol–water partition coefficient (Wildman–Crippen LogP) is 6.01. The zero-order chi connectivity index (χ0) is 26.5. The van der Waals surface area contributed by atoms with Crippen LogP contribution in [0.1, 0.15) is 106 Å². The van der Waals surface area contributed by atoms with Gasteiger partial charge < -0.3 is 5.11 Å². The van der Waals surface area contributed by atoms with Crippen molar-refractivity contribution in [2.75, 3.05) is 7.11 Å². The monoisotopic (exact) mass is 499 g/mol. The number of aliphatic hydroxyl groups excluding tert-OH is 1. The Morgan fingerprint density at radius 1 is 0.972 bits per heavy atom. The molecule has 5 nitrogen and oxygen atoms in total. The van der Waals surface area contributed by atoms with E-state index in [1.54, 1.807) is 0 Å². The molecule has 0 radical (unpaired) electrons. The zero-order valence-corrected chi connectivity index (χ0v) is 23.9. The van der Waals surface area contributed by atoms with E-state index in [9.17, 15) is 14.7 Å². The fourth-order valence-electron chi connectivity index (χ4n) is 10.6. The summed E-state index contributed by atoms with van der Waals surface area (Å²) in [6.07, 6.45) is 10.4. The summed E-state index contributed by atoms with van der Waals surface area (Å²) in [6, 6.07) is 0. The molecule has 0 aromatic carbocycles. The lowest BCUT2D eigenvalue weighted by molar-refractivity contribution is -0.202. The molecule has 0 bridgehead atoms. The van der Waals surface area contributed by atoms with Crippen molar-refractivity contribution in [2.24, 2.45) is 50.2 Å². The van der Waals surface area contributed by atoms with Crippen molar-refractivity contribution < 1.29 is 19.5 Å². The number of carbonyl (C=O) groups excluding carboxylic acids is 2. The van der Waals surface area contributed by atoms with Gasteiger partial charge in [0.25, 0.3) is 0 Å². The molecule has 5 rings (SSSR count). The van der Waals surface area contributed by atoms with E-state index in [-0.39, 0.29) is 50.9 Å². The van der Waals surface area contributed by atoms with Gasteiger partial charge in [-0.15, -0.1) is 0 Å². The van der Waals surface area contributed by atoms with Crippen molar-refractivity contribution in [1.29, 1.82) is 0 Å². The average Bonchev–Trinajstić information content (AvgIpc) is 2.79. The van der Waals surface area contributed by atoms with E-state index < -0.39 is 5.41 Å². The molecule has 9 atom stereocenters. The molecule has 0 aromatic rings. The van der Waals surface area contributed by atoms with Crippen molar-refractivity contribution in [2.45, 2.75) is 112 Å². The lowest BCUT2D eigenvalue weighted by Crippen LogP contribution is -2.66. The summed E-state index contributed by atoms with van der Waals surface area (Å²) in [7, 11) is 1.50. The van der Waals surface area contributed by atoms with Crippen LogP contribution in [0.5, 0.6) is 0 Å². The Morgan fingerprint density at radius 3 is 2.31 bits per heavy atom. The average molecular weight is 500 g/mol. The third-order valence-corrected chi connectivity index (χ3v) is 13.3. The van der Waals surface area contributed by atoms with Gasteiger partial charge in [-0.2, -0.15) is 0 Å². The van der Waals surface area contributed by atoms with Crippen LogP contribution in [0, 0.1) is 50.2 Å². The molecular weight excluding hydrogens is 450 g/mol. The standard InChI is InChI=1S/C31H49NO4/c1-26(2)22-9-12-31(7)24(29(22,5)11-10-23(26)34)21(33)17-19-20-18-28(4,25(35)32-36-8)14-13-27(20,3)15-16-30(19,31)6/h17,20,22-24,34H,9-16,18H2,1-8H3,(H,32,35)/t20-,22?,23+,24+,27+,28-,29-,30+,31+/m0/s1. The van der Waals surface area contributed by atoms with Crippen LogP contribution >= 0.6 is 0 Å². The molecule has 0 heterocycles. The molecule has 0 saturated heterocycles. The molecule has 5 aliphatic carbocycles. The fourth-order valence-corrected chi connectivity index (χ4v) is 10.6. The second kappa shape index (κ2) is 7.91. The molecule has 36 heavy (non-hydrogen) atoms. The van der Waals surface area contributed by atoms with Gasteiger partial charge in [-0.25, -0.2) is 5.48 Å². The third kappa shape index (κ3) is 3.20. The molecule has 1 amide bonds. The number of ketones is 1. The highest BCUT2D eigenvalue weighted by atomic mass is 16.6. The van der Waals surface area contributed by atoms with Gasteiger partial charge in [-0.3, -0.25) is 14.4 Å². The molecule has 5 heteroatoms. The van der Waals surface area contributed by atoms with Gasteiger partial charge in [0.1, 0.15) is 0 Å². The molecular formula is C31H49NO4. The molecule has 4 fully saturated rings. The highest BCUT2D eigenvalue weighted by molar-refractivity contribution is 5.95. The predicted molar refractivity (Wildman–Crippen MR) is 141 cm³/mol. The number of allylic oxidation sites excluding steroid dienone is 2. The third-order valence-electron chi connectivity index (χ3n) is 13.3. The van der Waals surface area contributed by atoms with Crippen molar-refractivity contribution in [3.05, 3.63) is 11.6 Å². The SMILES string of the molecule is CONC(=O)[C@@]1(C)CC[C@]2(C)CC[C@]3(C)C(=CC(=O)[C@@H]4[C@@]5(C)CC[C@@H](O)C(C)(C)C5CC[C@]43C)[C@@H]2C1. The van der Waals surface area contributed by atoms with Crippen molar-refractivity contribution in [3.63, 3.8) is 0 Å². The van der Waals surface area contributed by atoms with Gasteiger partial charge in [0.2, 0.25) is 5.91 Å². The molecule has 1 unspecified atom stereocenters. The first kappa shape index (κ1) is 26.4. The summed E-state index contributed by atoms with van der Waals surface area (Å²) < 4.78 is 0. The van der Waals surface area contributed by atoms with Crippen LogP contribution in [0.2, 0.25) is 0 Å². The first-order chi connectivity index (χ1) is 16.6. The minimum atomic E-state index is -0.493. The van der Waals surface area contributed by atoms with Crippen LogP contribution in [-0.2, 0) is 14.4 Å². The second-order valence-corrected chi connectivity index (χ2v) is 15.3. The van der Waals surface area contributed by atoms with Crippen LogP contribution in [0.3, 0.4) is 0 Å². The summed E-state index contributed by atoms with van der Waals surface area (Å²) in [5.74, 6) is 0.832. The lowest BCUT2D eigenvalue weighted by Gasteiger charge is -2.70. The Balaban J connectivity index is 1.59. The summed E-state index contributed by atoms with van der Waals surface area (Å²) in [5, 5.41) is 10.9. The van der Waals surface area contributed by atoms with Gasteiger partial charge in [0.15, 0.2) is 5.78 Å². The topological polar surface area (TPSA) is 75.6 Å². The van der Waals surface area contributed by atoms with Crippen molar-refractivity contribution in [3.8, 4) is 0 Å². The highest BCUT2D eigenvalue weighted by Gasteiger charge is 2.70. The molecule has 0 aliphatic heterocycles. The Morgan fingerprint density at radius 2 is 1.64 bits per heavy atom. The maximum atomic E-state index is 14.3. The van der Waals surface area contributed by atoms with Crippen LogP contribution in [-0.4, -0.2) is 30.0 Å². The van der Waals surface area contributed by atoms with E-state index in [1.807, 2.05) is 0 Å². The molecule has 0 aromatic heterocycles. The largest absolute Gasteiger partial charge is 0.393 e. The van der Waals surface area contributed by atoms with Gasteiger partial charge >= 0.3 is 0 Å². The summed E-state index contributed by atoms with van der Waals surface area (Å²) in [6.45, 7) is 16.2. The summed E-state index contributed by atoms with van der Waals surface area (Å²) >= 11 is 0. The first-order valence-corrected chi connectivity index (χ1v) is 14.4. The molecule has 4 saturated carbocycles. The Bertz CT molecular complexity index is 1000. The minimum Gasteiger partial charge on any atom is -0.393 e. The quantitative estimate of drug-likeness (QED) is 0.457. The van der Waals surface area contributed by atoms with Gasteiger partial charge in [0, 0.05) is 11.3 Å². The maximum absolute atomic E-state index is 14.3. The van der Waals surface area contributed by atoms with Crippen molar-refractivity contribution in [1.82, 2.24) is 5.48 Å². The van der Waals surface area contributed by atoms with E-state index in [0.29, 0.717) is 11.7 Å². The number of hydroxylamine groups is 1. The highest BCUT2D eigenvalue weighted by Crippen LogP contribution is 2.75. The van der Waals surface area contributed by atoms with E-state index >= 15 is 0 Å². The first-order valence-electron chi connectivity index (χ1n) is 14.4. The van der Waals surface area contributed by atoms with E-state index in [2.05, 4.69) is 60.0 Å². The number of carbonyl (C=O) groups is 2. The molecule has 202 valence electrons. The van der Waals surface area contributed by atoms with E-state index in [1.165, 1.54) is 12.7 Å². The van der Waals surface area contributed by atoms with Crippen molar-refractivity contribution >= 4 is 11.7 Å². The maximum Gasteiger partial charge on any atom is 0.249 e. The van der Waals surface area contributed by atoms with Crippen LogP contribution in [0.15, 0.2) is 11.6 Å². The van der Waals surface area contributed by atoms with Gasteiger partial charge in [-0.05, 0) is 103 Å². The number of fused-ring (bicyclic) bond motifs is 7. The van der Waals surface area contributed by atoms with Crippen LogP contribution in [0.25, 0.3) is 0 Å². The van der Waals surface area contributed by atoms with Crippen LogP contribution in [0.4, 0.5) is 0 Å². The number of nitrogens with one attached hydrogen (secondary N) is 1. The summed E-state index contributed by atoms with van der Waals surface area (Å²) in [4.78, 5) is 32.4. The smallest absolute Gasteiger partial charge is 0.249 e. The lowest BCUT2D eigenvalue weighted by atomic mass is 9.33. The Hall–Kier alpha value is -1.20. The molecule has 5 aliphatic rings. The number of hydrogen-bond donors (Lipinski definition) is 2. The molecule has 0 spiro atoms. The van der Waals surface area contributed by atoms with E-state index in [4.69, 9.17) is 4.84 Å². The number of amides is 1. The fraction of sp³-hybridized carbons (Fsp3) is 0.871. The van der Waals surface area contributed by atoms with Crippen LogP contribution < -0.4 is 5.48 Å². The second-order valence-electron chi connectivity index (χ2n) is 15.3. The zero-order valence-electron chi connectivity index (χ0n) is 23.9. The van der Waals surface area contributed by atoms with Gasteiger partial charge in [0.05, 0.1) is 13.2 Å². The Kier molecular flexibility index (Phi) is 5.80. The number of rotatable bonds is 2. The number of hydrogen-bond acceptors (Lipinski definition) is 4. The molecule has 2 N–H and O–H groups in total. The normalized spacial score (nSPS) is 51.7.